The number of amides is 4. The summed E-state index contributed by atoms with van der Waals surface area (Å²) in [7, 11) is 0. The summed E-state index contributed by atoms with van der Waals surface area (Å²) in [4.78, 5) is 66.9. The molecule has 0 spiro atoms. The van der Waals surface area contributed by atoms with E-state index in [0.29, 0.717) is 23.3 Å². The van der Waals surface area contributed by atoms with Crippen molar-refractivity contribution in [3.63, 3.8) is 0 Å². The van der Waals surface area contributed by atoms with Crippen LogP contribution in [-0.4, -0.2) is 57.4 Å². The van der Waals surface area contributed by atoms with Gasteiger partial charge in [0, 0.05) is 12.1 Å². The summed E-state index contributed by atoms with van der Waals surface area (Å²) in [5, 5.41) is 0. The fourth-order valence-electron chi connectivity index (χ4n) is 7.38. The van der Waals surface area contributed by atoms with E-state index in [1.54, 1.807) is 9.80 Å². The van der Waals surface area contributed by atoms with Gasteiger partial charge in [0.1, 0.15) is 0 Å². The Bertz CT molecular complexity index is 1800. The van der Waals surface area contributed by atoms with Crippen LogP contribution >= 0.6 is 0 Å². The Labute approximate surface area is 304 Å². The van der Waals surface area contributed by atoms with Crippen molar-refractivity contribution in [3.8, 4) is 0 Å². The molecule has 2 aliphatic carbocycles. The first-order valence-electron chi connectivity index (χ1n) is 18.2. The molecular weight excluding hydrogens is 652 g/mol. The number of guanidine groups is 2. The largest absolute Gasteiger partial charge is 0.323 e. The van der Waals surface area contributed by atoms with Gasteiger partial charge < -0.3 is 0 Å². The predicted molar refractivity (Wildman–Crippen MR) is 202 cm³/mol. The van der Waals surface area contributed by atoms with Crippen LogP contribution in [0.4, 0.5) is 22.7 Å². The van der Waals surface area contributed by atoms with Crippen LogP contribution in [0.5, 0.6) is 0 Å². The lowest BCUT2D eigenvalue weighted by atomic mass is 9.94. The smallest absolute Gasteiger partial charge is 0.270 e. The highest BCUT2D eigenvalue weighted by atomic mass is 16.2. The molecule has 2 aliphatic heterocycles. The number of para-hydroxylation sites is 4. The van der Waals surface area contributed by atoms with E-state index in [1.165, 1.54) is 22.6 Å². The fraction of sp³-hybridized carbons (Fsp3) is 0.286. The molecular formula is C42H42N6O4. The van der Waals surface area contributed by atoms with Crippen molar-refractivity contribution >= 4 is 58.3 Å². The van der Waals surface area contributed by atoms with Gasteiger partial charge in [-0.25, -0.2) is 19.8 Å². The van der Waals surface area contributed by atoms with Gasteiger partial charge in [-0.15, -0.1) is 0 Å². The predicted octanol–water partition coefficient (Wildman–Crippen LogP) is 7.76. The molecule has 4 aromatic carbocycles. The molecule has 0 unspecified atom stereocenters. The second kappa shape index (κ2) is 16.0. The van der Waals surface area contributed by atoms with Crippen LogP contribution in [0.2, 0.25) is 0 Å². The van der Waals surface area contributed by atoms with Crippen molar-refractivity contribution in [1.82, 2.24) is 9.80 Å². The summed E-state index contributed by atoms with van der Waals surface area (Å²) in [6.07, 6.45) is 10.3. The number of hydrogen-bond acceptors (Lipinski definition) is 6. The van der Waals surface area contributed by atoms with Gasteiger partial charge in [0.15, 0.2) is 0 Å². The molecule has 52 heavy (non-hydrogen) atoms. The quantitative estimate of drug-likeness (QED) is 0.192. The molecule has 4 fully saturated rings. The molecule has 10 heteroatoms. The Hall–Kier alpha value is -5.90. The average molecular weight is 695 g/mol. The van der Waals surface area contributed by atoms with Crippen molar-refractivity contribution in [1.29, 1.82) is 0 Å². The van der Waals surface area contributed by atoms with Crippen molar-refractivity contribution < 1.29 is 19.2 Å². The number of carbonyl (C=O) groups is 4. The Balaban J connectivity index is 0.000000162. The number of nitrogens with zero attached hydrogens (tertiary/aromatic N) is 6. The molecule has 10 nitrogen and oxygen atoms in total. The first-order valence-corrected chi connectivity index (χ1v) is 18.2. The molecule has 4 aliphatic rings. The molecule has 0 bridgehead atoms. The maximum Gasteiger partial charge on any atom is 0.323 e. The van der Waals surface area contributed by atoms with Gasteiger partial charge in [-0.3, -0.25) is 29.0 Å². The summed E-state index contributed by atoms with van der Waals surface area (Å²) >= 11 is 0. The fourth-order valence-corrected chi connectivity index (χ4v) is 7.38. The maximum atomic E-state index is 12.8. The zero-order valence-corrected chi connectivity index (χ0v) is 29.1. The van der Waals surface area contributed by atoms with Crippen LogP contribution in [0.25, 0.3) is 0 Å². The summed E-state index contributed by atoms with van der Waals surface area (Å²) in [5.41, 5.74) is 2.79. The molecule has 2 heterocycles. The second-order valence-corrected chi connectivity index (χ2v) is 13.4. The van der Waals surface area contributed by atoms with Gasteiger partial charge in [-0.1, -0.05) is 111 Å². The molecule has 4 amide bonds. The minimum atomic E-state index is -0.531. The molecule has 0 aromatic heterocycles. The van der Waals surface area contributed by atoms with Crippen LogP contribution in [0.1, 0.15) is 64.2 Å². The lowest BCUT2D eigenvalue weighted by Gasteiger charge is -2.31. The minimum absolute atomic E-state index is 0.0383. The topological polar surface area (TPSA) is 106 Å². The maximum absolute atomic E-state index is 12.8. The monoisotopic (exact) mass is 694 g/mol. The van der Waals surface area contributed by atoms with Crippen LogP contribution in [0, 0.1) is 0 Å². The van der Waals surface area contributed by atoms with E-state index in [1.807, 2.05) is 121 Å². The highest BCUT2D eigenvalue weighted by Crippen LogP contribution is 2.33. The highest BCUT2D eigenvalue weighted by Gasteiger charge is 2.48. The van der Waals surface area contributed by atoms with Crippen LogP contribution in [0.3, 0.4) is 0 Å². The molecule has 4 aromatic rings. The van der Waals surface area contributed by atoms with E-state index < -0.39 is 23.6 Å². The van der Waals surface area contributed by atoms with Crippen molar-refractivity contribution in [2.45, 2.75) is 76.3 Å². The molecule has 0 atom stereocenters. The number of aliphatic imine (C=N–C) groups is 2. The molecule has 2 saturated heterocycles. The molecule has 0 radical (unpaired) electrons. The van der Waals surface area contributed by atoms with Crippen molar-refractivity contribution in [3.05, 3.63) is 121 Å². The average Bonchev–Trinajstić information content (AvgIpc) is 3.59. The van der Waals surface area contributed by atoms with Gasteiger partial charge in [0.05, 0.1) is 22.7 Å². The second-order valence-electron chi connectivity index (χ2n) is 13.4. The van der Waals surface area contributed by atoms with Crippen LogP contribution in [-0.2, 0) is 19.2 Å². The Morgan fingerprint density at radius 1 is 0.385 bits per heavy atom. The lowest BCUT2D eigenvalue weighted by Crippen LogP contribution is -2.43. The van der Waals surface area contributed by atoms with Gasteiger partial charge in [-0.2, -0.15) is 0 Å². The van der Waals surface area contributed by atoms with E-state index in [4.69, 9.17) is 9.98 Å². The zero-order valence-electron chi connectivity index (χ0n) is 29.1. The molecule has 264 valence electrons. The summed E-state index contributed by atoms with van der Waals surface area (Å²) in [5.74, 6) is -1.17. The van der Waals surface area contributed by atoms with Gasteiger partial charge in [0.2, 0.25) is 11.9 Å². The highest BCUT2D eigenvalue weighted by molar-refractivity contribution is 6.54. The third-order valence-electron chi connectivity index (χ3n) is 9.92. The van der Waals surface area contributed by atoms with E-state index in [-0.39, 0.29) is 12.1 Å². The SMILES string of the molecule is O=C1C(=O)N(C2CCCCC2)C(=Nc2ccccc2)N1c1ccccc1.O=C1C(=O)N(C2CCCCC2)C(=Nc2ccccc2)N1c1ccccc1. The molecule has 8 rings (SSSR count). The third-order valence-corrected chi connectivity index (χ3v) is 9.92. The van der Waals surface area contributed by atoms with E-state index in [9.17, 15) is 19.2 Å². The van der Waals surface area contributed by atoms with Gasteiger partial charge in [-0.05, 0) is 74.2 Å². The van der Waals surface area contributed by atoms with E-state index >= 15 is 0 Å². The minimum Gasteiger partial charge on any atom is -0.270 e. The number of rotatable bonds is 6. The standard InChI is InChI=1S/2C21H21N3O2/c2*25-19-20(26)24(18-14-8-3-9-15-18)21(22-16-10-4-1-5-11-16)23(19)17-12-6-2-7-13-17/h2*1-2,4-7,10-13,18H,3,8-9,14-15H2. The normalized spacial score (nSPS) is 20.2. The Morgan fingerprint density at radius 3 is 1.02 bits per heavy atom. The van der Waals surface area contributed by atoms with Crippen LogP contribution < -0.4 is 9.80 Å². The Kier molecular flexibility index (Phi) is 10.6. The van der Waals surface area contributed by atoms with E-state index in [0.717, 1.165) is 62.7 Å². The zero-order chi connectivity index (χ0) is 35.9. The van der Waals surface area contributed by atoms with Gasteiger partial charge >= 0.3 is 23.6 Å². The van der Waals surface area contributed by atoms with Gasteiger partial charge in [0.25, 0.3) is 0 Å². The number of carbonyl (C=O) groups excluding carboxylic acids is 4. The lowest BCUT2D eigenvalue weighted by molar-refractivity contribution is -0.140. The first-order chi connectivity index (χ1) is 25.5. The first kappa shape index (κ1) is 34.5. The molecule has 0 N–H and O–H groups in total. The third kappa shape index (κ3) is 7.28. The summed E-state index contributed by atoms with van der Waals surface area (Å²) in [6.45, 7) is 0. The molecule has 2 saturated carbocycles. The number of hydrogen-bond donors (Lipinski definition) is 0. The Morgan fingerprint density at radius 2 is 0.692 bits per heavy atom. The van der Waals surface area contributed by atoms with Crippen LogP contribution in [0.15, 0.2) is 131 Å². The number of benzene rings is 4. The number of anilines is 2. The summed E-state index contributed by atoms with van der Waals surface area (Å²) in [6, 6.07) is 37.5. The van der Waals surface area contributed by atoms with Crippen molar-refractivity contribution in [2.75, 3.05) is 9.80 Å². The van der Waals surface area contributed by atoms with Crippen molar-refractivity contribution in [2.24, 2.45) is 9.98 Å². The summed E-state index contributed by atoms with van der Waals surface area (Å²) < 4.78 is 0. The van der Waals surface area contributed by atoms with E-state index in [2.05, 4.69) is 0 Å².